The van der Waals surface area contributed by atoms with Crippen molar-refractivity contribution in [2.24, 2.45) is 0 Å². The second kappa shape index (κ2) is 4.99. The van der Waals surface area contributed by atoms with E-state index < -0.39 is 30.2 Å². The SMILES string of the molecule is CC1=C(C)C(=O)C(CNC(=O)C(F)(F)F)=C(C)C1=O. The van der Waals surface area contributed by atoms with Crippen LogP contribution in [-0.4, -0.2) is 30.2 Å². The van der Waals surface area contributed by atoms with E-state index >= 15 is 0 Å². The van der Waals surface area contributed by atoms with Crippen molar-refractivity contribution in [2.45, 2.75) is 26.9 Å². The van der Waals surface area contributed by atoms with Crippen LogP contribution in [0.25, 0.3) is 0 Å². The number of Topliss-reactive ketones (excluding diaryl/α,β-unsaturated/α-hetero) is 2. The van der Waals surface area contributed by atoms with Gasteiger partial charge in [-0.25, -0.2) is 0 Å². The monoisotopic (exact) mass is 275 g/mol. The molecule has 0 radical (unpaired) electrons. The molecule has 7 heteroatoms. The van der Waals surface area contributed by atoms with E-state index in [1.807, 2.05) is 0 Å². The summed E-state index contributed by atoms with van der Waals surface area (Å²) in [5.74, 6) is -3.05. The number of halogens is 3. The van der Waals surface area contributed by atoms with Gasteiger partial charge in [0, 0.05) is 28.8 Å². The molecule has 1 aliphatic rings. The van der Waals surface area contributed by atoms with Crippen molar-refractivity contribution in [3.05, 3.63) is 22.3 Å². The molecule has 0 aromatic rings. The summed E-state index contributed by atoms with van der Waals surface area (Å²) in [6, 6.07) is 0. The Kier molecular flexibility index (Phi) is 3.97. The van der Waals surface area contributed by atoms with Gasteiger partial charge < -0.3 is 5.32 Å². The Bertz CT molecular complexity index is 527. The van der Waals surface area contributed by atoms with Crippen LogP contribution in [0.4, 0.5) is 13.2 Å². The third-order valence-electron chi connectivity index (χ3n) is 2.99. The van der Waals surface area contributed by atoms with Gasteiger partial charge in [-0.2, -0.15) is 13.2 Å². The van der Waals surface area contributed by atoms with Crippen LogP contribution < -0.4 is 5.32 Å². The molecule has 0 atom stereocenters. The average Bonchev–Trinajstić information content (AvgIpc) is 2.32. The van der Waals surface area contributed by atoms with Crippen molar-refractivity contribution in [3.63, 3.8) is 0 Å². The lowest BCUT2D eigenvalue weighted by atomic mass is 9.86. The third-order valence-corrected chi connectivity index (χ3v) is 2.99. The molecule has 1 aliphatic carbocycles. The smallest absolute Gasteiger partial charge is 0.344 e. The van der Waals surface area contributed by atoms with Crippen LogP contribution in [0.1, 0.15) is 20.8 Å². The zero-order valence-corrected chi connectivity index (χ0v) is 10.6. The van der Waals surface area contributed by atoms with Crippen LogP contribution in [0, 0.1) is 0 Å². The maximum atomic E-state index is 12.0. The van der Waals surface area contributed by atoms with Gasteiger partial charge in [-0.1, -0.05) is 0 Å². The lowest BCUT2D eigenvalue weighted by Crippen LogP contribution is -2.39. The minimum absolute atomic E-state index is 0.0653. The number of carbonyl (C=O) groups excluding carboxylic acids is 3. The number of alkyl halides is 3. The molecular formula is C12H12F3NO3. The Morgan fingerprint density at radius 2 is 1.47 bits per heavy atom. The Hall–Kier alpha value is -1.92. The number of nitrogens with one attached hydrogen (secondary N) is 1. The zero-order chi connectivity index (χ0) is 15.0. The quantitative estimate of drug-likeness (QED) is 0.776. The number of hydrogen-bond donors (Lipinski definition) is 1. The van der Waals surface area contributed by atoms with E-state index in [2.05, 4.69) is 0 Å². The van der Waals surface area contributed by atoms with Gasteiger partial charge in [-0.3, -0.25) is 14.4 Å². The van der Waals surface area contributed by atoms with E-state index in [1.165, 1.54) is 20.8 Å². The summed E-state index contributed by atoms with van der Waals surface area (Å²) in [7, 11) is 0. The highest BCUT2D eigenvalue weighted by atomic mass is 19.4. The molecule has 0 aromatic carbocycles. The number of carbonyl (C=O) groups is 3. The number of rotatable bonds is 2. The molecule has 1 N–H and O–H groups in total. The molecule has 19 heavy (non-hydrogen) atoms. The van der Waals surface area contributed by atoms with Crippen LogP contribution in [0.2, 0.25) is 0 Å². The van der Waals surface area contributed by atoms with E-state index in [4.69, 9.17) is 0 Å². The molecule has 0 aromatic heterocycles. The Morgan fingerprint density at radius 3 is 1.95 bits per heavy atom. The summed E-state index contributed by atoms with van der Waals surface area (Å²) in [6.07, 6.45) is -5.02. The van der Waals surface area contributed by atoms with Gasteiger partial charge in [0.05, 0.1) is 0 Å². The fraction of sp³-hybridized carbons (Fsp3) is 0.417. The van der Waals surface area contributed by atoms with E-state index in [0.29, 0.717) is 0 Å². The Balaban J connectivity index is 2.93. The Labute approximate surface area is 107 Å². The van der Waals surface area contributed by atoms with Gasteiger partial charge in [0.2, 0.25) is 0 Å². The van der Waals surface area contributed by atoms with Gasteiger partial charge in [-0.15, -0.1) is 0 Å². The molecule has 4 nitrogen and oxygen atoms in total. The van der Waals surface area contributed by atoms with Crippen molar-refractivity contribution < 1.29 is 27.6 Å². The van der Waals surface area contributed by atoms with Gasteiger partial charge in [0.25, 0.3) is 0 Å². The summed E-state index contributed by atoms with van der Waals surface area (Å²) in [5, 5.41) is 1.59. The molecule has 0 unspecified atom stereocenters. The highest BCUT2D eigenvalue weighted by molar-refractivity contribution is 6.24. The van der Waals surface area contributed by atoms with Gasteiger partial charge in [-0.05, 0) is 20.8 Å². The van der Waals surface area contributed by atoms with Crippen molar-refractivity contribution >= 4 is 17.5 Å². The predicted molar refractivity (Wildman–Crippen MR) is 60.2 cm³/mol. The third kappa shape index (κ3) is 2.91. The molecule has 1 amide bonds. The summed E-state index contributed by atoms with van der Waals surface area (Å²) < 4.78 is 36.1. The van der Waals surface area contributed by atoms with Crippen LogP contribution >= 0.6 is 0 Å². The zero-order valence-electron chi connectivity index (χ0n) is 10.6. The number of amides is 1. The second-order valence-electron chi connectivity index (χ2n) is 4.19. The van der Waals surface area contributed by atoms with Crippen molar-refractivity contribution in [1.29, 1.82) is 0 Å². The molecule has 0 bridgehead atoms. The van der Waals surface area contributed by atoms with E-state index in [9.17, 15) is 27.6 Å². The molecule has 0 heterocycles. The average molecular weight is 275 g/mol. The molecule has 1 rings (SSSR count). The maximum Gasteiger partial charge on any atom is 0.471 e. The summed E-state index contributed by atoms with van der Waals surface area (Å²) in [5.41, 5.74) is 0.418. The van der Waals surface area contributed by atoms with Crippen molar-refractivity contribution in [3.8, 4) is 0 Å². The van der Waals surface area contributed by atoms with E-state index in [0.717, 1.165) is 0 Å². The molecular weight excluding hydrogens is 263 g/mol. The van der Waals surface area contributed by atoms with Gasteiger partial charge in [0.1, 0.15) is 0 Å². The molecule has 0 spiro atoms. The largest absolute Gasteiger partial charge is 0.471 e. The standard InChI is InChI=1S/C12H12F3NO3/c1-5-6(2)10(18)8(7(3)9(5)17)4-16-11(19)12(13,14)15/h4H2,1-3H3,(H,16,19). The van der Waals surface area contributed by atoms with Crippen LogP contribution in [0.3, 0.4) is 0 Å². The van der Waals surface area contributed by atoms with Gasteiger partial charge in [0.15, 0.2) is 11.6 Å². The van der Waals surface area contributed by atoms with Crippen LogP contribution in [-0.2, 0) is 14.4 Å². The second-order valence-corrected chi connectivity index (χ2v) is 4.19. The topological polar surface area (TPSA) is 63.2 Å². The molecule has 0 fully saturated rings. The minimum Gasteiger partial charge on any atom is -0.344 e. The summed E-state index contributed by atoms with van der Waals surface area (Å²) in [6.45, 7) is 3.64. The first-order valence-electron chi connectivity index (χ1n) is 5.39. The minimum atomic E-state index is -5.02. The number of allylic oxidation sites excluding steroid dienone is 3. The molecule has 104 valence electrons. The molecule has 0 saturated heterocycles. The lowest BCUT2D eigenvalue weighted by Gasteiger charge is -2.19. The van der Waals surface area contributed by atoms with Crippen molar-refractivity contribution in [1.82, 2.24) is 5.32 Å². The first-order valence-corrected chi connectivity index (χ1v) is 5.39. The van der Waals surface area contributed by atoms with Crippen LogP contribution in [0.15, 0.2) is 22.3 Å². The van der Waals surface area contributed by atoms with Crippen LogP contribution in [0.5, 0.6) is 0 Å². The Morgan fingerprint density at radius 1 is 1.00 bits per heavy atom. The fourth-order valence-electron chi connectivity index (χ4n) is 1.64. The highest BCUT2D eigenvalue weighted by Crippen LogP contribution is 2.24. The van der Waals surface area contributed by atoms with E-state index in [1.54, 1.807) is 5.32 Å². The number of ketones is 2. The number of hydrogen-bond acceptors (Lipinski definition) is 3. The normalized spacial score (nSPS) is 17.2. The lowest BCUT2D eigenvalue weighted by molar-refractivity contribution is -0.173. The maximum absolute atomic E-state index is 12.0. The first-order chi connectivity index (χ1) is 8.57. The highest BCUT2D eigenvalue weighted by Gasteiger charge is 2.39. The molecule has 0 aliphatic heterocycles. The molecule has 0 saturated carbocycles. The van der Waals surface area contributed by atoms with Gasteiger partial charge >= 0.3 is 12.1 Å². The first kappa shape index (κ1) is 15.1. The fourth-order valence-corrected chi connectivity index (χ4v) is 1.64. The summed E-state index contributed by atoms with van der Waals surface area (Å²) >= 11 is 0. The summed E-state index contributed by atoms with van der Waals surface area (Å²) in [4.78, 5) is 34.3. The predicted octanol–water partition coefficient (Wildman–Crippen LogP) is 1.47. The van der Waals surface area contributed by atoms with E-state index in [-0.39, 0.29) is 22.3 Å². The van der Waals surface area contributed by atoms with Crippen molar-refractivity contribution in [2.75, 3.05) is 6.54 Å².